The first-order chi connectivity index (χ1) is 15.1. The number of carbonyl (C=O) groups excluding carboxylic acids is 2. The zero-order valence-electron chi connectivity index (χ0n) is 16.3. The Balaban J connectivity index is 0.000000517. The van der Waals surface area contributed by atoms with Crippen LogP contribution in [-0.2, 0) is 14.0 Å². The smallest absolute Gasteiger partial charge is 0.360 e. The van der Waals surface area contributed by atoms with E-state index in [4.69, 9.17) is 23.2 Å². The molecule has 2 N–H and O–H groups in total. The van der Waals surface area contributed by atoms with E-state index >= 15 is 0 Å². The number of nitrogens with zero attached hydrogens (tertiary/aromatic N) is 2. The second-order valence-corrected chi connectivity index (χ2v) is 12.2. The van der Waals surface area contributed by atoms with E-state index in [1.807, 2.05) is 4.98 Å². The molecule has 2 heterocycles. The number of aromatic nitrogens is 4. The summed E-state index contributed by atoms with van der Waals surface area (Å²) in [5, 5.41) is -4.03. The first-order valence-electron chi connectivity index (χ1n) is 8.06. The third-order valence-electron chi connectivity index (χ3n) is 2.62. The van der Waals surface area contributed by atoms with E-state index < -0.39 is 56.6 Å². The van der Waals surface area contributed by atoms with Crippen LogP contribution >= 0.6 is 62.1 Å². The van der Waals surface area contributed by atoms with Crippen LogP contribution < -0.4 is 11.2 Å². The van der Waals surface area contributed by atoms with Crippen LogP contribution in [0.25, 0.3) is 0 Å². The lowest BCUT2D eigenvalue weighted by Crippen LogP contribution is -2.29. The molecule has 0 radical (unpaired) electrons. The lowest BCUT2D eigenvalue weighted by Gasteiger charge is -2.02. The average Bonchev–Trinajstić information content (AvgIpc) is 2.67. The van der Waals surface area contributed by atoms with Crippen LogP contribution in [-0.4, -0.2) is 45.1 Å². The molecule has 0 saturated heterocycles. The summed E-state index contributed by atoms with van der Waals surface area (Å²) in [6.45, 7) is 3.23. The van der Waals surface area contributed by atoms with Crippen molar-refractivity contribution in [2.24, 2.45) is 0 Å². The van der Waals surface area contributed by atoms with Gasteiger partial charge in [0.15, 0.2) is 22.4 Å². The molecule has 11 nitrogen and oxygen atoms in total. The third-order valence-corrected chi connectivity index (χ3v) is 3.04. The molecule has 0 aliphatic carbocycles. The van der Waals surface area contributed by atoms with Crippen LogP contribution in [0.1, 0.15) is 34.8 Å². The van der Waals surface area contributed by atoms with Gasteiger partial charge in [0.2, 0.25) is 11.1 Å². The maximum Gasteiger partial charge on any atom is 0.360 e. The molecule has 0 spiro atoms. The summed E-state index contributed by atoms with van der Waals surface area (Å²) in [6, 6.07) is 0. The van der Waals surface area contributed by atoms with Gasteiger partial charge in [0.05, 0.1) is 13.2 Å². The van der Waals surface area contributed by atoms with E-state index in [1.54, 1.807) is 11.9 Å². The highest BCUT2D eigenvalue weighted by Gasteiger charge is 2.20. The Morgan fingerprint density at radius 3 is 1.91 bits per heavy atom. The fourth-order valence-corrected chi connectivity index (χ4v) is 1.93. The highest BCUT2D eigenvalue weighted by Crippen LogP contribution is 2.61. The molecule has 19 heteroatoms. The van der Waals surface area contributed by atoms with E-state index in [0.29, 0.717) is 0 Å². The number of nitrogens with one attached hydrogen (secondary N) is 2. The summed E-state index contributed by atoms with van der Waals surface area (Å²) in [5.41, 5.74) is -3.53. The minimum atomic E-state index is -3.22. The van der Waals surface area contributed by atoms with Gasteiger partial charge in [0.1, 0.15) is 0 Å². The first-order valence-corrected chi connectivity index (χ1v) is 13.2. The van der Waals surface area contributed by atoms with E-state index in [1.165, 1.54) is 6.92 Å². The van der Waals surface area contributed by atoms with Gasteiger partial charge in [-0.3, -0.25) is 19.3 Å². The standard InChI is InChI=1S/C7H5Cl2FN2O2.C7H7FN2O4.Cl3OP/c1-2-14-6(13)4-3(10)5(8)12-7(9)11-4;1-2-14-6(12)4-3(8)5(11)10-7(13)9-4;1-5(2,3)4/h2H2,1H3;2H2,1H3,(H2,9,10,11,13);. The van der Waals surface area contributed by atoms with Crippen molar-refractivity contribution in [3.63, 3.8) is 0 Å². The van der Waals surface area contributed by atoms with Gasteiger partial charge in [0, 0.05) is 0 Å². The molecule has 0 bridgehead atoms. The van der Waals surface area contributed by atoms with Crippen molar-refractivity contribution in [1.29, 1.82) is 0 Å². The minimum Gasteiger partial charge on any atom is -0.461 e. The second-order valence-electron chi connectivity index (χ2n) is 4.88. The molecule has 0 saturated carbocycles. The predicted octanol–water partition coefficient (Wildman–Crippen LogP) is 4.29. The van der Waals surface area contributed by atoms with Crippen LogP contribution in [0.3, 0.4) is 0 Å². The first kappa shape index (κ1) is 31.2. The van der Waals surface area contributed by atoms with Crippen molar-refractivity contribution >= 4 is 74.1 Å². The fraction of sp³-hybridized carbons (Fsp3) is 0.286. The molecule has 0 aromatic carbocycles. The summed E-state index contributed by atoms with van der Waals surface area (Å²) in [4.78, 5) is 53.6. The molecule has 33 heavy (non-hydrogen) atoms. The van der Waals surface area contributed by atoms with E-state index in [0.717, 1.165) is 0 Å². The zero-order chi connectivity index (χ0) is 25.9. The Morgan fingerprint density at radius 2 is 1.42 bits per heavy atom. The van der Waals surface area contributed by atoms with Gasteiger partial charge >= 0.3 is 22.8 Å². The van der Waals surface area contributed by atoms with Crippen LogP contribution in [0.2, 0.25) is 10.4 Å². The lowest BCUT2D eigenvalue weighted by molar-refractivity contribution is 0.0503. The quantitative estimate of drug-likeness (QED) is 0.228. The van der Waals surface area contributed by atoms with E-state index in [9.17, 15) is 32.5 Å². The number of hydrogen-bond donors (Lipinski definition) is 2. The van der Waals surface area contributed by atoms with Gasteiger partial charge in [0.25, 0.3) is 5.56 Å². The molecule has 0 atom stereocenters. The topological polar surface area (TPSA) is 161 Å². The van der Waals surface area contributed by atoms with Crippen molar-refractivity contribution in [3.8, 4) is 0 Å². The van der Waals surface area contributed by atoms with E-state index in [-0.39, 0.29) is 18.5 Å². The van der Waals surface area contributed by atoms with Crippen LogP contribution in [0.15, 0.2) is 9.59 Å². The Morgan fingerprint density at radius 1 is 0.939 bits per heavy atom. The molecule has 0 fully saturated rings. The molecule has 0 unspecified atom stereocenters. The fourth-order valence-electron chi connectivity index (χ4n) is 1.54. The van der Waals surface area contributed by atoms with Crippen LogP contribution in [0, 0.1) is 11.6 Å². The average molecular weight is 595 g/mol. The maximum absolute atomic E-state index is 13.1. The minimum absolute atomic E-state index is 0.0209. The normalized spacial score (nSPS) is 10.2. The number of carbonyl (C=O) groups is 2. The van der Waals surface area contributed by atoms with Gasteiger partial charge in [-0.25, -0.2) is 28.7 Å². The molecular formula is C14H12Cl5F2N4O7P. The molecular weight excluding hydrogens is 582 g/mol. The Labute approximate surface area is 207 Å². The number of rotatable bonds is 4. The number of esters is 2. The van der Waals surface area contributed by atoms with Crippen molar-refractivity contribution in [2.75, 3.05) is 13.2 Å². The van der Waals surface area contributed by atoms with Gasteiger partial charge in [-0.2, -0.15) is 4.39 Å². The summed E-state index contributed by atoms with van der Waals surface area (Å²) in [7, 11) is 0. The summed E-state index contributed by atoms with van der Waals surface area (Å²) in [6.07, 6.45) is 0. The van der Waals surface area contributed by atoms with Gasteiger partial charge < -0.3 is 9.47 Å². The Hall–Kier alpha value is -1.76. The molecule has 0 aliphatic rings. The molecule has 0 amide bonds. The third kappa shape index (κ3) is 12.3. The highest BCUT2D eigenvalue weighted by molar-refractivity contribution is 8.24. The molecule has 2 aromatic rings. The van der Waals surface area contributed by atoms with Crippen LogP contribution in [0.5, 0.6) is 0 Å². The SMILES string of the molecule is CCOC(=O)c1[nH]c(=O)[nH]c(=O)c1F.CCOC(=O)c1nc(Cl)nc(Cl)c1F.O=P(Cl)(Cl)Cl. The van der Waals surface area contributed by atoms with Gasteiger partial charge in [-0.1, -0.05) is 11.6 Å². The number of halogens is 7. The molecule has 184 valence electrons. The number of hydrogen-bond acceptors (Lipinski definition) is 9. The summed E-state index contributed by atoms with van der Waals surface area (Å²) in [5.74, 6) is -4.39. The van der Waals surface area contributed by atoms with Crippen molar-refractivity contribution in [1.82, 2.24) is 19.9 Å². The zero-order valence-corrected chi connectivity index (χ0v) is 20.9. The number of H-pyrrole nitrogens is 2. The Bertz CT molecular complexity index is 1150. The molecule has 2 aromatic heterocycles. The molecule has 0 aliphatic heterocycles. The second kappa shape index (κ2) is 14.5. The highest BCUT2D eigenvalue weighted by atomic mass is 36.0. The molecule has 2 rings (SSSR count). The summed E-state index contributed by atoms with van der Waals surface area (Å²) >= 11 is 24.6. The Kier molecular flexibility index (Phi) is 13.7. The van der Waals surface area contributed by atoms with E-state index in [2.05, 4.69) is 53.2 Å². The van der Waals surface area contributed by atoms with Gasteiger partial charge in [-0.15, -0.1) is 0 Å². The maximum atomic E-state index is 13.1. The predicted molar refractivity (Wildman–Crippen MR) is 117 cm³/mol. The largest absolute Gasteiger partial charge is 0.461 e. The monoisotopic (exact) mass is 592 g/mol. The van der Waals surface area contributed by atoms with Crippen molar-refractivity contribution < 1.29 is 32.4 Å². The number of ether oxygens (including phenoxy) is 2. The van der Waals surface area contributed by atoms with Crippen molar-refractivity contribution in [2.45, 2.75) is 13.8 Å². The van der Waals surface area contributed by atoms with Gasteiger partial charge in [-0.05, 0) is 59.2 Å². The number of aromatic amines is 2. The van der Waals surface area contributed by atoms with Crippen molar-refractivity contribution in [3.05, 3.63) is 54.3 Å². The summed E-state index contributed by atoms with van der Waals surface area (Å²) < 4.78 is 44.5. The lowest BCUT2D eigenvalue weighted by atomic mass is 10.4. The van der Waals surface area contributed by atoms with Crippen LogP contribution in [0.4, 0.5) is 8.78 Å².